The summed E-state index contributed by atoms with van der Waals surface area (Å²) in [5.41, 5.74) is 2.40. The van der Waals surface area contributed by atoms with E-state index in [9.17, 15) is 9.59 Å². The first-order chi connectivity index (χ1) is 12.6. The van der Waals surface area contributed by atoms with E-state index in [1.165, 1.54) is 0 Å². The van der Waals surface area contributed by atoms with Gasteiger partial charge < -0.3 is 9.47 Å². The molecule has 0 aliphatic heterocycles. The first kappa shape index (κ1) is 18.1. The van der Waals surface area contributed by atoms with Crippen molar-refractivity contribution in [2.75, 3.05) is 6.61 Å². The van der Waals surface area contributed by atoms with Crippen LogP contribution in [-0.4, -0.2) is 23.5 Å². The van der Waals surface area contributed by atoms with Crippen molar-refractivity contribution in [3.8, 4) is 0 Å². The number of carbonyl (C=O) groups is 2. The highest BCUT2D eigenvalue weighted by Gasteiger charge is 2.24. The number of para-hydroxylation sites is 1. The van der Waals surface area contributed by atoms with E-state index in [0.717, 1.165) is 29.3 Å². The molecule has 0 unspecified atom stereocenters. The van der Waals surface area contributed by atoms with Gasteiger partial charge in [0.25, 0.3) is 0 Å². The molecule has 0 fully saturated rings. The van der Waals surface area contributed by atoms with Crippen molar-refractivity contribution in [1.29, 1.82) is 0 Å². The summed E-state index contributed by atoms with van der Waals surface area (Å²) in [6, 6.07) is 7.60. The smallest absolute Gasteiger partial charge is 0.340 e. The number of benzene rings is 1. The van der Waals surface area contributed by atoms with Gasteiger partial charge in [-0.2, -0.15) is 0 Å². The zero-order valence-corrected chi connectivity index (χ0v) is 15.2. The lowest BCUT2D eigenvalue weighted by molar-refractivity contribution is -0.150. The van der Waals surface area contributed by atoms with Gasteiger partial charge in [-0.15, -0.1) is 0 Å². The van der Waals surface area contributed by atoms with Crippen molar-refractivity contribution in [3.63, 3.8) is 0 Å². The highest BCUT2D eigenvalue weighted by molar-refractivity contribution is 5.98. The van der Waals surface area contributed by atoms with Gasteiger partial charge in [0, 0.05) is 5.39 Å². The minimum Gasteiger partial charge on any atom is -0.462 e. The van der Waals surface area contributed by atoms with Gasteiger partial charge in [-0.25, -0.2) is 9.78 Å². The van der Waals surface area contributed by atoms with Crippen molar-refractivity contribution < 1.29 is 19.1 Å². The minimum absolute atomic E-state index is 0.0289. The van der Waals surface area contributed by atoms with Crippen LogP contribution in [0.5, 0.6) is 0 Å². The normalized spacial score (nSPS) is 16.5. The molecule has 2 aromatic rings. The molecule has 3 rings (SSSR count). The van der Waals surface area contributed by atoms with Crippen LogP contribution in [-0.2, 0) is 20.9 Å². The van der Waals surface area contributed by atoms with Crippen molar-refractivity contribution in [2.24, 2.45) is 5.92 Å². The molecule has 1 atom stereocenters. The number of esters is 2. The number of ether oxygens (including phenoxy) is 2. The van der Waals surface area contributed by atoms with Crippen LogP contribution in [0.25, 0.3) is 10.9 Å². The molecule has 1 aliphatic rings. The van der Waals surface area contributed by atoms with E-state index < -0.39 is 5.97 Å². The number of pyridine rings is 1. The third-order valence-corrected chi connectivity index (χ3v) is 4.66. The van der Waals surface area contributed by atoms with Crippen molar-refractivity contribution >= 4 is 22.8 Å². The first-order valence-corrected chi connectivity index (χ1v) is 8.98. The van der Waals surface area contributed by atoms with Crippen molar-refractivity contribution in [1.82, 2.24) is 4.98 Å². The molecule has 0 saturated heterocycles. The molecule has 1 aromatic carbocycles. The number of allylic oxidation sites excluding steroid dienone is 2. The van der Waals surface area contributed by atoms with Gasteiger partial charge in [-0.05, 0) is 44.7 Å². The van der Waals surface area contributed by atoms with Crippen LogP contribution in [0.3, 0.4) is 0 Å². The third-order valence-electron chi connectivity index (χ3n) is 4.66. The van der Waals surface area contributed by atoms with Gasteiger partial charge in [0.05, 0.1) is 29.3 Å². The highest BCUT2D eigenvalue weighted by atomic mass is 16.5. The number of carbonyl (C=O) groups excluding carboxylic acids is 2. The number of rotatable bonds is 5. The quantitative estimate of drug-likeness (QED) is 0.597. The fraction of sp³-hybridized carbons (Fsp3) is 0.381. The van der Waals surface area contributed by atoms with Gasteiger partial charge in [0.1, 0.15) is 6.61 Å². The van der Waals surface area contributed by atoms with Crippen LogP contribution in [0.1, 0.15) is 47.8 Å². The van der Waals surface area contributed by atoms with E-state index in [4.69, 9.17) is 9.47 Å². The molecule has 1 heterocycles. The Kier molecular flexibility index (Phi) is 5.66. The Morgan fingerprint density at radius 2 is 2.00 bits per heavy atom. The van der Waals surface area contributed by atoms with Crippen LogP contribution in [0.15, 0.2) is 36.4 Å². The van der Waals surface area contributed by atoms with Crippen molar-refractivity contribution in [3.05, 3.63) is 53.2 Å². The second-order valence-corrected chi connectivity index (χ2v) is 6.39. The predicted octanol–water partition coefficient (Wildman–Crippen LogP) is 4.12. The summed E-state index contributed by atoms with van der Waals surface area (Å²) < 4.78 is 10.7. The van der Waals surface area contributed by atoms with E-state index in [1.807, 2.05) is 37.3 Å². The molecule has 26 heavy (non-hydrogen) atoms. The van der Waals surface area contributed by atoms with Crippen molar-refractivity contribution in [2.45, 2.75) is 39.7 Å². The Labute approximate surface area is 153 Å². The first-order valence-electron chi connectivity index (χ1n) is 8.98. The molecule has 0 saturated carbocycles. The maximum absolute atomic E-state index is 12.5. The zero-order valence-electron chi connectivity index (χ0n) is 15.2. The molecule has 0 bridgehead atoms. The van der Waals surface area contributed by atoms with Crippen LogP contribution in [0.4, 0.5) is 0 Å². The summed E-state index contributed by atoms with van der Waals surface area (Å²) in [7, 11) is 0. The Morgan fingerprint density at radius 1 is 1.19 bits per heavy atom. The van der Waals surface area contributed by atoms with Gasteiger partial charge in [-0.1, -0.05) is 30.4 Å². The average molecular weight is 353 g/mol. The molecule has 0 spiro atoms. The van der Waals surface area contributed by atoms with E-state index in [2.05, 4.69) is 11.1 Å². The molecule has 136 valence electrons. The maximum atomic E-state index is 12.5. The van der Waals surface area contributed by atoms with E-state index >= 15 is 0 Å². The largest absolute Gasteiger partial charge is 0.462 e. The Morgan fingerprint density at radius 3 is 2.73 bits per heavy atom. The molecule has 5 heteroatoms. The predicted molar refractivity (Wildman–Crippen MR) is 98.7 cm³/mol. The highest BCUT2D eigenvalue weighted by Crippen LogP contribution is 2.25. The molecule has 0 amide bonds. The maximum Gasteiger partial charge on any atom is 0.340 e. The second kappa shape index (κ2) is 8.13. The molecule has 0 N–H and O–H groups in total. The Balaban J connectivity index is 1.90. The Bertz CT molecular complexity index is 856. The minimum atomic E-state index is -0.435. The summed E-state index contributed by atoms with van der Waals surface area (Å²) in [5, 5.41) is 0.892. The van der Waals surface area contributed by atoms with Crippen LogP contribution in [0.2, 0.25) is 0 Å². The Hall–Kier alpha value is -2.69. The lowest BCUT2D eigenvalue weighted by Crippen LogP contribution is -2.20. The summed E-state index contributed by atoms with van der Waals surface area (Å²) in [5.74, 6) is -0.792. The zero-order chi connectivity index (χ0) is 18.5. The number of fused-ring (bicyclic) bond motifs is 1. The number of hydrogen-bond acceptors (Lipinski definition) is 5. The lowest BCUT2D eigenvalue weighted by atomic mass is 9.95. The average Bonchev–Trinajstić information content (AvgIpc) is 2.67. The van der Waals surface area contributed by atoms with Crippen LogP contribution < -0.4 is 0 Å². The van der Waals surface area contributed by atoms with Crippen LogP contribution in [0, 0.1) is 12.8 Å². The topological polar surface area (TPSA) is 65.5 Å². The molecule has 1 aliphatic carbocycles. The summed E-state index contributed by atoms with van der Waals surface area (Å²) >= 11 is 0. The van der Waals surface area contributed by atoms with Crippen LogP contribution >= 0.6 is 0 Å². The van der Waals surface area contributed by atoms with Gasteiger partial charge in [0.2, 0.25) is 0 Å². The monoisotopic (exact) mass is 353 g/mol. The summed E-state index contributed by atoms with van der Waals surface area (Å²) in [6.07, 6.45) is 6.48. The third kappa shape index (κ3) is 3.77. The molecule has 5 nitrogen and oxygen atoms in total. The van der Waals surface area contributed by atoms with Gasteiger partial charge in [0.15, 0.2) is 0 Å². The van der Waals surface area contributed by atoms with E-state index in [-0.39, 0.29) is 25.1 Å². The molecule has 1 aromatic heterocycles. The van der Waals surface area contributed by atoms with E-state index in [0.29, 0.717) is 17.7 Å². The summed E-state index contributed by atoms with van der Waals surface area (Å²) in [4.78, 5) is 29.4. The fourth-order valence-corrected chi connectivity index (χ4v) is 3.28. The molecular formula is C21H23NO4. The number of hydrogen-bond donors (Lipinski definition) is 0. The van der Waals surface area contributed by atoms with E-state index in [1.54, 1.807) is 6.92 Å². The number of aryl methyl sites for hydroxylation is 1. The summed E-state index contributed by atoms with van der Waals surface area (Å²) in [6.45, 7) is 3.88. The SMILES string of the molecule is CCOC(=O)c1c(COC(=O)[C@H]2CC=CCC2)nc2ccccc2c1C. The van der Waals surface area contributed by atoms with Gasteiger partial charge >= 0.3 is 11.9 Å². The van der Waals surface area contributed by atoms with Gasteiger partial charge in [-0.3, -0.25) is 4.79 Å². The fourth-order valence-electron chi connectivity index (χ4n) is 3.28. The second-order valence-electron chi connectivity index (χ2n) is 6.39. The molecular weight excluding hydrogens is 330 g/mol. The lowest BCUT2D eigenvalue weighted by Gasteiger charge is -2.18. The number of nitrogens with zero attached hydrogens (tertiary/aromatic N) is 1. The number of aromatic nitrogens is 1. The molecule has 0 radical (unpaired) electrons. The standard InChI is InChI=1S/C21H23NO4/c1-3-25-21(24)19-14(2)16-11-7-8-12-17(16)22-18(19)13-26-20(23)15-9-5-4-6-10-15/h4-5,7-8,11-12,15H,3,6,9-10,13H2,1-2H3/t15-/m0/s1.